The second kappa shape index (κ2) is 6.64. The number of anilines is 1. The van der Waals surface area contributed by atoms with Gasteiger partial charge in [-0.05, 0) is 19.8 Å². The molecule has 0 amide bonds. The van der Waals surface area contributed by atoms with Crippen LogP contribution in [0, 0.1) is 0 Å². The Labute approximate surface area is 105 Å². The first-order chi connectivity index (χ1) is 8.08. The molecule has 5 nitrogen and oxygen atoms in total. The van der Waals surface area contributed by atoms with E-state index in [1.165, 1.54) is 0 Å². The van der Waals surface area contributed by atoms with Gasteiger partial charge in [-0.15, -0.1) is 5.10 Å². The summed E-state index contributed by atoms with van der Waals surface area (Å²) in [4.78, 5) is 4.41. The van der Waals surface area contributed by atoms with Crippen molar-refractivity contribution in [2.75, 3.05) is 18.1 Å². The third kappa shape index (κ3) is 4.03. The third-order valence-corrected chi connectivity index (χ3v) is 3.92. The summed E-state index contributed by atoms with van der Waals surface area (Å²) in [5.41, 5.74) is 1.93. The number of aromatic nitrogens is 3. The molecule has 1 aromatic heterocycles. The summed E-state index contributed by atoms with van der Waals surface area (Å²) in [6.45, 7) is 6.62. The molecule has 1 heterocycles. The molecule has 0 radical (unpaired) electrons. The fourth-order valence-corrected chi connectivity index (χ4v) is 1.68. The minimum atomic E-state index is -0.836. The zero-order chi connectivity index (χ0) is 12.8. The summed E-state index contributed by atoms with van der Waals surface area (Å²) in [6.07, 6.45) is 3.39. The average molecular weight is 256 g/mol. The van der Waals surface area contributed by atoms with Crippen LogP contribution in [0.3, 0.4) is 0 Å². The van der Waals surface area contributed by atoms with E-state index in [4.69, 9.17) is 0 Å². The fraction of sp³-hybridized carbons (Fsp3) is 0.727. The lowest BCUT2D eigenvalue weighted by atomic mass is 10.2. The molecule has 0 spiro atoms. The maximum absolute atomic E-state index is 11.2. The van der Waals surface area contributed by atoms with E-state index >= 15 is 0 Å². The van der Waals surface area contributed by atoms with Crippen LogP contribution in [-0.4, -0.2) is 37.4 Å². The van der Waals surface area contributed by atoms with Gasteiger partial charge in [-0.25, -0.2) is 4.98 Å². The van der Waals surface area contributed by atoms with E-state index in [-0.39, 0.29) is 5.25 Å². The van der Waals surface area contributed by atoms with Crippen LogP contribution in [0.25, 0.3) is 0 Å². The van der Waals surface area contributed by atoms with Gasteiger partial charge in [0, 0.05) is 28.9 Å². The Morgan fingerprint density at radius 1 is 1.24 bits per heavy atom. The Balaban J connectivity index is 2.69. The van der Waals surface area contributed by atoms with Crippen LogP contribution >= 0.6 is 0 Å². The molecular formula is C11H20N4OS. The van der Waals surface area contributed by atoms with Gasteiger partial charge in [0.25, 0.3) is 0 Å². The van der Waals surface area contributed by atoms with E-state index in [2.05, 4.69) is 27.4 Å². The van der Waals surface area contributed by atoms with E-state index in [1.54, 1.807) is 6.26 Å². The molecule has 2 unspecified atom stereocenters. The second-order valence-corrected chi connectivity index (χ2v) is 5.73. The van der Waals surface area contributed by atoms with E-state index in [9.17, 15) is 4.21 Å². The lowest BCUT2D eigenvalue weighted by Gasteiger charge is -2.10. The predicted molar refractivity (Wildman–Crippen MR) is 70.6 cm³/mol. The molecule has 0 aromatic carbocycles. The van der Waals surface area contributed by atoms with Crippen molar-refractivity contribution >= 4 is 16.7 Å². The minimum Gasteiger partial charge on any atom is -0.352 e. The van der Waals surface area contributed by atoms with Gasteiger partial charge in [0.2, 0.25) is 5.95 Å². The molecule has 1 N–H and O–H groups in total. The normalized spacial score (nSPS) is 14.4. The first-order valence-electron chi connectivity index (χ1n) is 5.87. The second-order valence-electron chi connectivity index (χ2n) is 3.93. The molecule has 6 heteroatoms. The fourth-order valence-electron chi connectivity index (χ4n) is 1.37. The van der Waals surface area contributed by atoms with Crippen molar-refractivity contribution in [1.29, 1.82) is 0 Å². The van der Waals surface area contributed by atoms with Gasteiger partial charge < -0.3 is 5.32 Å². The van der Waals surface area contributed by atoms with Gasteiger partial charge in [0.1, 0.15) is 0 Å². The number of nitrogens with one attached hydrogen (secondary N) is 1. The summed E-state index contributed by atoms with van der Waals surface area (Å²) in [5, 5.41) is 11.3. The molecule has 0 aliphatic carbocycles. The third-order valence-electron chi connectivity index (χ3n) is 2.62. The predicted octanol–water partition coefficient (Wildman–Crippen LogP) is 1.18. The van der Waals surface area contributed by atoms with Gasteiger partial charge >= 0.3 is 0 Å². The van der Waals surface area contributed by atoms with Crippen LogP contribution < -0.4 is 5.32 Å². The van der Waals surface area contributed by atoms with Crippen molar-refractivity contribution in [2.45, 2.75) is 38.9 Å². The SMILES string of the molecule is CCc1nnc(NCC(C)S(C)=O)nc1CC. The van der Waals surface area contributed by atoms with E-state index in [0.717, 1.165) is 24.2 Å². The summed E-state index contributed by atoms with van der Waals surface area (Å²) >= 11 is 0. The van der Waals surface area contributed by atoms with Gasteiger partial charge in [-0.1, -0.05) is 13.8 Å². The smallest absolute Gasteiger partial charge is 0.243 e. The molecule has 17 heavy (non-hydrogen) atoms. The quantitative estimate of drug-likeness (QED) is 0.827. The van der Waals surface area contributed by atoms with Gasteiger partial charge in [0.15, 0.2) is 0 Å². The largest absolute Gasteiger partial charge is 0.352 e. The Bertz CT molecular complexity index is 397. The topological polar surface area (TPSA) is 67.8 Å². The van der Waals surface area contributed by atoms with Crippen molar-refractivity contribution in [3.05, 3.63) is 11.4 Å². The van der Waals surface area contributed by atoms with E-state index < -0.39 is 10.8 Å². The Kier molecular flexibility index (Phi) is 5.47. The maximum Gasteiger partial charge on any atom is 0.243 e. The van der Waals surface area contributed by atoms with Crippen molar-refractivity contribution in [1.82, 2.24) is 15.2 Å². The summed E-state index contributed by atoms with van der Waals surface area (Å²) in [5.74, 6) is 0.524. The van der Waals surface area contributed by atoms with Crippen molar-refractivity contribution in [3.63, 3.8) is 0 Å². The Hall–Kier alpha value is -1.04. The van der Waals surface area contributed by atoms with Crippen LogP contribution in [0.4, 0.5) is 5.95 Å². The maximum atomic E-state index is 11.2. The average Bonchev–Trinajstić information content (AvgIpc) is 2.35. The minimum absolute atomic E-state index is 0.0783. The molecular weight excluding hydrogens is 236 g/mol. The number of nitrogens with zero attached hydrogens (tertiary/aromatic N) is 3. The van der Waals surface area contributed by atoms with Crippen LogP contribution in [-0.2, 0) is 23.6 Å². The van der Waals surface area contributed by atoms with E-state index in [1.807, 2.05) is 13.8 Å². The molecule has 2 atom stereocenters. The monoisotopic (exact) mass is 256 g/mol. The number of aryl methyl sites for hydroxylation is 2. The van der Waals surface area contributed by atoms with Gasteiger partial charge in [0.05, 0.1) is 11.4 Å². The molecule has 0 saturated heterocycles. The molecule has 1 aromatic rings. The molecule has 1 rings (SSSR count). The molecule has 0 saturated carbocycles. The number of rotatable bonds is 6. The Morgan fingerprint density at radius 3 is 2.41 bits per heavy atom. The highest BCUT2D eigenvalue weighted by atomic mass is 32.2. The Morgan fingerprint density at radius 2 is 1.88 bits per heavy atom. The highest BCUT2D eigenvalue weighted by molar-refractivity contribution is 7.84. The van der Waals surface area contributed by atoms with Crippen molar-refractivity contribution in [2.24, 2.45) is 0 Å². The van der Waals surface area contributed by atoms with Crippen molar-refractivity contribution < 1.29 is 4.21 Å². The van der Waals surface area contributed by atoms with Crippen LogP contribution in [0.1, 0.15) is 32.2 Å². The van der Waals surface area contributed by atoms with E-state index in [0.29, 0.717) is 12.5 Å². The van der Waals surface area contributed by atoms with Crippen LogP contribution in [0.5, 0.6) is 0 Å². The zero-order valence-corrected chi connectivity index (χ0v) is 11.7. The molecule has 0 fully saturated rings. The lowest BCUT2D eigenvalue weighted by molar-refractivity contribution is 0.678. The first-order valence-corrected chi connectivity index (χ1v) is 7.49. The number of hydrogen-bond donors (Lipinski definition) is 1. The molecule has 0 aliphatic rings. The molecule has 0 bridgehead atoms. The standard InChI is InChI=1S/C11H20N4OS/c1-5-9-10(6-2)14-15-11(13-9)12-7-8(3)17(4)16/h8H,5-7H2,1-4H3,(H,12,13,15). The van der Waals surface area contributed by atoms with Crippen molar-refractivity contribution in [3.8, 4) is 0 Å². The van der Waals surface area contributed by atoms with Crippen LogP contribution in [0.2, 0.25) is 0 Å². The van der Waals surface area contributed by atoms with Gasteiger partial charge in [-0.2, -0.15) is 5.10 Å². The molecule has 0 aliphatic heterocycles. The van der Waals surface area contributed by atoms with Gasteiger partial charge in [-0.3, -0.25) is 4.21 Å². The molecule has 96 valence electrons. The summed E-state index contributed by atoms with van der Waals surface area (Å²) in [6, 6.07) is 0. The number of hydrogen-bond acceptors (Lipinski definition) is 5. The lowest BCUT2D eigenvalue weighted by Crippen LogP contribution is -2.22. The highest BCUT2D eigenvalue weighted by Gasteiger charge is 2.09. The van der Waals surface area contributed by atoms with Crippen LogP contribution in [0.15, 0.2) is 0 Å². The highest BCUT2D eigenvalue weighted by Crippen LogP contribution is 2.07. The summed E-state index contributed by atoms with van der Waals surface area (Å²) < 4.78 is 11.2. The zero-order valence-electron chi connectivity index (χ0n) is 10.9. The first kappa shape index (κ1) is 14.0. The summed E-state index contributed by atoms with van der Waals surface area (Å²) in [7, 11) is -0.836.